The van der Waals surface area contributed by atoms with Crippen molar-refractivity contribution in [3.8, 4) is 11.5 Å². The van der Waals surface area contributed by atoms with Crippen LogP contribution in [0.4, 0.5) is 0 Å². The Morgan fingerprint density at radius 1 is 1.17 bits per heavy atom. The number of rotatable bonds is 8. The predicted molar refractivity (Wildman–Crippen MR) is 131 cm³/mol. The van der Waals surface area contributed by atoms with Gasteiger partial charge < -0.3 is 19.7 Å². The minimum Gasteiger partial charge on any atom is -0.496 e. The van der Waals surface area contributed by atoms with Crippen LogP contribution in [0.2, 0.25) is 0 Å². The summed E-state index contributed by atoms with van der Waals surface area (Å²) in [6.07, 6.45) is 10.7. The summed E-state index contributed by atoms with van der Waals surface area (Å²) in [4.78, 5) is 0. The number of alkyl halides is 1. The van der Waals surface area contributed by atoms with Gasteiger partial charge in [-0.25, -0.2) is 0 Å². The van der Waals surface area contributed by atoms with Crippen LogP contribution in [0.3, 0.4) is 0 Å². The van der Waals surface area contributed by atoms with Crippen molar-refractivity contribution < 1.29 is 19.7 Å². The molecule has 1 aliphatic carbocycles. The molecular weight excluding hydrogens is 444 g/mol. The normalized spacial score (nSPS) is 15.6. The number of hydrogen-bond acceptors (Lipinski definition) is 4. The van der Waals surface area contributed by atoms with E-state index in [0.29, 0.717) is 12.0 Å². The molecule has 0 spiro atoms. The second kappa shape index (κ2) is 15.5. The summed E-state index contributed by atoms with van der Waals surface area (Å²) < 4.78 is 9.37. The number of unbranched alkanes of at least 4 members (excludes halogenated alkanes) is 2. The van der Waals surface area contributed by atoms with Gasteiger partial charge in [-0.2, -0.15) is 0 Å². The highest BCUT2D eigenvalue weighted by Gasteiger charge is 2.30. The largest absolute Gasteiger partial charge is 0.496 e. The van der Waals surface area contributed by atoms with Crippen molar-refractivity contribution in [2.75, 3.05) is 14.2 Å². The number of hydrogen-bond donors (Lipinski definition) is 2. The van der Waals surface area contributed by atoms with Crippen LogP contribution in [-0.2, 0) is 6.42 Å². The van der Waals surface area contributed by atoms with Crippen LogP contribution >= 0.6 is 15.9 Å². The maximum absolute atomic E-state index is 9.87. The van der Waals surface area contributed by atoms with E-state index in [-0.39, 0.29) is 5.92 Å². The van der Waals surface area contributed by atoms with E-state index in [9.17, 15) is 10.2 Å². The third-order valence-corrected chi connectivity index (χ3v) is 5.33. The van der Waals surface area contributed by atoms with Gasteiger partial charge in [0.05, 0.1) is 14.2 Å². The molecule has 0 aromatic heterocycles. The van der Waals surface area contributed by atoms with Crippen LogP contribution < -0.4 is 9.47 Å². The molecule has 1 aromatic rings. The highest BCUT2D eigenvalue weighted by atomic mass is 79.9. The Labute approximate surface area is 192 Å². The van der Waals surface area contributed by atoms with Crippen molar-refractivity contribution >= 4 is 15.9 Å². The van der Waals surface area contributed by atoms with Gasteiger partial charge in [0.2, 0.25) is 4.70 Å². The highest BCUT2D eigenvalue weighted by Crippen LogP contribution is 2.44. The van der Waals surface area contributed by atoms with E-state index >= 15 is 0 Å². The van der Waals surface area contributed by atoms with E-state index in [0.717, 1.165) is 42.7 Å². The fourth-order valence-corrected chi connectivity index (χ4v) is 3.83. The number of halogens is 1. The Kier molecular flexibility index (Phi) is 14.8. The molecule has 1 aliphatic rings. The molecule has 172 valence electrons. The molecule has 4 nitrogen and oxygen atoms in total. The zero-order valence-electron chi connectivity index (χ0n) is 19.6. The number of ether oxygens (including phenoxy) is 2. The molecule has 0 aliphatic heterocycles. The maximum atomic E-state index is 9.87. The molecule has 0 amide bonds. The molecule has 0 heterocycles. The molecule has 30 heavy (non-hydrogen) atoms. The van der Waals surface area contributed by atoms with Gasteiger partial charge in [0.15, 0.2) is 0 Å². The van der Waals surface area contributed by atoms with Crippen LogP contribution in [0.25, 0.3) is 0 Å². The minimum atomic E-state index is -1.95. The van der Waals surface area contributed by atoms with E-state index in [1.54, 1.807) is 20.3 Å². The maximum Gasteiger partial charge on any atom is 0.244 e. The van der Waals surface area contributed by atoms with E-state index in [2.05, 4.69) is 41.6 Å². The van der Waals surface area contributed by atoms with Crippen molar-refractivity contribution in [1.82, 2.24) is 0 Å². The second-order valence-corrected chi connectivity index (χ2v) is 8.16. The van der Waals surface area contributed by atoms with Gasteiger partial charge >= 0.3 is 0 Å². The van der Waals surface area contributed by atoms with Crippen molar-refractivity contribution in [3.63, 3.8) is 0 Å². The molecule has 5 heteroatoms. The van der Waals surface area contributed by atoms with Crippen molar-refractivity contribution in [1.29, 1.82) is 0 Å². The molecular formula is C25H41BrO4. The standard InChI is InChI=1S/C20H29BrO4.C3H6.C2H6/c1-4-5-6-8-14-11-17(24-2)19(18(12-14)25-3)15-9-7-10-16(13-15)20(21,22)23;1-3-2;1-2/h11-13,15,22-23H,4-10H2,1-3H3;3H,1H2,2H3;1-2H3. The molecule has 1 aromatic carbocycles. The Hall–Kier alpha value is -1.30. The topological polar surface area (TPSA) is 58.9 Å². The molecule has 1 atom stereocenters. The average molecular weight is 486 g/mol. The van der Waals surface area contributed by atoms with E-state index in [4.69, 9.17) is 9.47 Å². The lowest BCUT2D eigenvalue weighted by atomic mass is 9.83. The zero-order chi connectivity index (χ0) is 23.2. The third kappa shape index (κ3) is 9.23. The van der Waals surface area contributed by atoms with Gasteiger partial charge in [0.25, 0.3) is 0 Å². The Bertz CT molecular complexity index is 622. The molecule has 0 fully saturated rings. The molecule has 0 radical (unpaired) electrons. The number of benzene rings is 1. The average Bonchev–Trinajstić information content (AvgIpc) is 2.74. The second-order valence-electron chi connectivity index (χ2n) is 7.06. The monoisotopic (exact) mass is 484 g/mol. The van der Waals surface area contributed by atoms with E-state index in [1.165, 1.54) is 18.4 Å². The van der Waals surface area contributed by atoms with Gasteiger partial charge in [0.1, 0.15) is 11.5 Å². The number of methoxy groups -OCH3 is 2. The first-order chi connectivity index (χ1) is 14.3. The molecule has 0 saturated carbocycles. The van der Waals surface area contributed by atoms with Gasteiger partial charge in [-0.3, -0.25) is 0 Å². The Morgan fingerprint density at radius 3 is 2.13 bits per heavy atom. The summed E-state index contributed by atoms with van der Waals surface area (Å²) in [5.74, 6) is 1.66. The van der Waals surface area contributed by atoms with Crippen LogP contribution in [0.1, 0.15) is 83.3 Å². The van der Waals surface area contributed by atoms with Crippen LogP contribution in [0, 0.1) is 0 Å². The highest BCUT2D eigenvalue weighted by molar-refractivity contribution is 9.10. The molecule has 1 unspecified atom stereocenters. The lowest BCUT2D eigenvalue weighted by Gasteiger charge is -2.28. The van der Waals surface area contributed by atoms with E-state index in [1.807, 2.05) is 26.8 Å². The van der Waals surface area contributed by atoms with Crippen molar-refractivity contribution in [2.45, 2.75) is 83.3 Å². The van der Waals surface area contributed by atoms with Crippen LogP contribution in [-0.4, -0.2) is 29.1 Å². The van der Waals surface area contributed by atoms with Gasteiger partial charge in [-0.05, 0) is 78.2 Å². The lowest BCUT2D eigenvalue weighted by molar-refractivity contribution is -0.0397. The first-order valence-corrected chi connectivity index (χ1v) is 11.8. The molecule has 2 rings (SSSR count). The number of allylic oxidation sites excluding steroid dienone is 2. The van der Waals surface area contributed by atoms with Gasteiger partial charge in [-0.15, -0.1) is 6.58 Å². The van der Waals surface area contributed by atoms with Crippen LogP contribution in [0.15, 0.2) is 36.4 Å². The Morgan fingerprint density at radius 2 is 1.70 bits per heavy atom. The summed E-state index contributed by atoms with van der Waals surface area (Å²) in [6, 6.07) is 4.18. The summed E-state index contributed by atoms with van der Waals surface area (Å²) >= 11 is 2.94. The zero-order valence-corrected chi connectivity index (χ0v) is 21.2. The lowest BCUT2D eigenvalue weighted by Crippen LogP contribution is -2.24. The van der Waals surface area contributed by atoms with Gasteiger partial charge in [0, 0.05) is 11.5 Å². The van der Waals surface area contributed by atoms with Crippen molar-refractivity contribution in [2.24, 2.45) is 0 Å². The Balaban J connectivity index is 0.00000154. The fourth-order valence-electron chi connectivity index (χ4n) is 3.50. The summed E-state index contributed by atoms with van der Waals surface area (Å²) in [5.41, 5.74) is 2.78. The summed E-state index contributed by atoms with van der Waals surface area (Å²) in [5, 5.41) is 19.7. The van der Waals surface area contributed by atoms with E-state index < -0.39 is 4.70 Å². The molecule has 0 saturated heterocycles. The smallest absolute Gasteiger partial charge is 0.244 e. The predicted octanol–water partition coefficient (Wildman–Crippen LogP) is 6.88. The van der Waals surface area contributed by atoms with Gasteiger partial charge in [-0.1, -0.05) is 45.8 Å². The first-order valence-electron chi connectivity index (χ1n) is 11.0. The number of aryl methyl sites for hydroxylation is 1. The molecule has 0 bridgehead atoms. The first kappa shape index (κ1) is 28.7. The quantitative estimate of drug-likeness (QED) is 0.182. The minimum absolute atomic E-state index is 0.0366. The number of aliphatic hydroxyl groups is 2. The van der Waals surface area contributed by atoms with Crippen molar-refractivity contribution in [3.05, 3.63) is 47.6 Å². The summed E-state index contributed by atoms with van der Waals surface area (Å²) in [6.45, 7) is 11.4. The SMILES string of the molecule is C=CC.CC.CCCCCc1cc(OC)c(C2C=C(C(O)(O)Br)CCC2)c(OC)c1. The molecule has 2 N–H and O–H groups in total. The van der Waals surface area contributed by atoms with Crippen LogP contribution in [0.5, 0.6) is 11.5 Å². The fraction of sp³-hybridized carbons (Fsp3) is 0.600. The third-order valence-electron chi connectivity index (χ3n) is 4.82. The summed E-state index contributed by atoms with van der Waals surface area (Å²) in [7, 11) is 3.35.